The lowest BCUT2D eigenvalue weighted by Crippen LogP contribution is -2.58. The van der Waals surface area contributed by atoms with Crippen LogP contribution in [0.3, 0.4) is 0 Å². The molecular weight excluding hydrogens is 893 g/mol. The number of hydrogen-bond donors (Lipinski definition) is 0. The van der Waals surface area contributed by atoms with Crippen LogP contribution in [-0.4, -0.2) is 9.97 Å². The molecule has 354 valence electrons. The van der Waals surface area contributed by atoms with E-state index in [-0.39, 0.29) is 5.41 Å². The fourth-order valence-corrected chi connectivity index (χ4v) is 16.6. The molecule has 1 spiro atoms. The number of rotatable bonds is 4. The third kappa shape index (κ3) is 5.72. The van der Waals surface area contributed by atoms with Crippen LogP contribution in [0, 0.1) is 17.3 Å². The zero-order valence-corrected chi connectivity index (χ0v) is 42.2. The van der Waals surface area contributed by atoms with Crippen LogP contribution < -0.4 is 0 Å². The predicted molar refractivity (Wildman–Crippen MR) is 306 cm³/mol. The Morgan fingerprint density at radius 2 is 1.05 bits per heavy atom. The van der Waals surface area contributed by atoms with Gasteiger partial charge in [-0.2, -0.15) is 0 Å². The molecule has 10 aromatic carbocycles. The number of fused-ring (bicyclic) bond motifs is 12. The first-order valence-corrected chi connectivity index (χ1v) is 27.7. The van der Waals surface area contributed by atoms with Gasteiger partial charge in [0.1, 0.15) is 0 Å². The monoisotopic (exact) mass is 948 g/mol. The zero-order chi connectivity index (χ0) is 48.6. The zero-order valence-electron chi connectivity index (χ0n) is 42.2. The minimum Gasteiger partial charge on any atom is -0.228 e. The molecule has 0 saturated heterocycles. The maximum absolute atomic E-state index is 5.54. The van der Waals surface area contributed by atoms with Crippen LogP contribution >= 0.6 is 0 Å². The van der Waals surface area contributed by atoms with Crippen LogP contribution in [0.1, 0.15) is 97.6 Å². The summed E-state index contributed by atoms with van der Waals surface area (Å²) in [7, 11) is 0. The van der Waals surface area contributed by atoms with Gasteiger partial charge in [0.05, 0.1) is 11.4 Å². The van der Waals surface area contributed by atoms with Gasteiger partial charge in [-0.3, -0.25) is 0 Å². The number of benzene rings is 10. The van der Waals surface area contributed by atoms with E-state index in [0.717, 1.165) is 58.6 Å². The van der Waals surface area contributed by atoms with Crippen molar-refractivity contribution in [1.29, 1.82) is 0 Å². The van der Waals surface area contributed by atoms with E-state index in [4.69, 9.17) is 9.97 Å². The molecule has 2 bridgehead atoms. The molecule has 0 radical (unpaired) electrons. The fraction of sp³-hybridized carbons (Fsp3) is 0.222. The molecule has 3 saturated carbocycles. The molecule has 5 atom stereocenters. The molecule has 0 aliphatic heterocycles. The molecule has 74 heavy (non-hydrogen) atoms. The van der Waals surface area contributed by atoms with E-state index in [1.165, 1.54) is 138 Å². The van der Waals surface area contributed by atoms with Crippen LogP contribution in [-0.2, 0) is 18.3 Å². The Labute approximate surface area is 433 Å². The Balaban J connectivity index is 0.791. The second-order valence-electron chi connectivity index (χ2n) is 23.9. The summed E-state index contributed by atoms with van der Waals surface area (Å²) in [4.78, 5) is 11.1. The molecule has 6 aliphatic carbocycles. The lowest BCUT2D eigenvalue weighted by atomic mass is 9.37. The largest absolute Gasteiger partial charge is 0.228 e. The van der Waals surface area contributed by atoms with Gasteiger partial charge in [-0.05, 0) is 233 Å². The van der Waals surface area contributed by atoms with Gasteiger partial charge in [-0.1, -0.05) is 153 Å². The van der Waals surface area contributed by atoms with Gasteiger partial charge in [-0.15, -0.1) is 0 Å². The molecule has 1 heterocycles. The Morgan fingerprint density at radius 1 is 0.405 bits per heavy atom. The molecule has 2 nitrogen and oxygen atoms in total. The SMILES string of the molecule is CC1(C)c2ccc(-c3nc(-c4ccc5c(c4)CCCCc4ccccc4-5)cc(-c4cc5ccc6cccc7ccc(c4)c5c67)n3)cc2-c2ccc(-c3ccc4c(c3)-c3ccccc3C3CC5CC6CC4C56C3)cc21. The van der Waals surface area contributed by atoms with E-state index in [0.29, 0.717) is 17.3 Å². The van der Waals surface area contributed by atoms with E-state index < -0.39 is 0 Å². The number of nitrogens with zero attached hydrogens (tertiary/aromatic N) is 2. The highest BCUT2D eigenvalue weighted by Crippen LogP contribution is 2.80. The van der Waals surface area contributed by atoms with E-state index in [2.05, 4.69) is 196 Å². The van der Waals surface area contributed by atoms with Crippen molar-refractivity contribution in [3.8, 4) is 78.4 Å². The lowest BCUT2D eigenvalue weighted by molar-refractivity contribution is -0.144. The van der Waals surface area contributed by atoms with Crippen molar-refractivity contribution >= 4 is 32.3 Å². The predicted octanol–water partition coefficient (Wildman–Crippen LogP) is 18.6. The van der Waals surface area contributed by atoms with Crippen LogP contribution in [0.2, 0.25) is 0 Å². The number of hydrogen-bond acceptors (Lipinski definition) is 2. The second-order valence-corrected chi connectivity index (χ2v) is 23.9. The summed E-state index contributed by atoms with van der Waals surface area (Å²) in [6.45, 7) is 4.82. The average Bonchev–Trinajstić information content (AvgIpc) is 4.03. The third-order valence-electron chi connectivity index (χ3n) is 20.2. The summed E-state index contributed by atoms with van der Waals surface area (Å²) in [5.41, 5.74) is 25.3. The summed E-state index contributed by atoms with van der Waals surface area (Å²) < 4.78 is 0. The van der Waals surface area contributed by atoms with Crippen molar-refractivity contribution in [3.05, 3.63) is 215 Å². The Bertz CT molecular complexity index is 4170. The molecule has 11 aromatic rings. The first-order chi connectivity index (χ1) is 36.3. The van der Waals surface area contributed by atoms with Crippen molar-refractivity contribution in [2.75, 3.05) is 0 Å². The molecule has 1 aromatic heterocycles. The molecule has 5 unspecified atom stereocenters. The van der Waals surface area contributed by atoms with Crippen LogP contribution in [0.5, 0.6) is 0 Å². The standard InChI is InChI=1S/C72H56N2/c1-71(2)63-29-25-50(35-62(63)60-28-23-45(36-64(60)71)44-22-27-59-61(34-44)58-17-8-7-16-56(58)52-33-53-37-54-38-65(59)72(53,54)40-52)70-73-66(47-24-26-57-46(30-47)12-4-3-10-41-11-5-6-15-55(41)57)39-67(74-70)51-31-48-20-18-42-13-9-14-43-19-21-49(32-51)69(48)68(42)43/h5-9,11,13-32,34-36,39,52-54,65H,3-4,10,12,33,37-38,40H2,1-2H3. The fourth-order valence-electron chi connectivity index (χ4n) is 16.6. The smallest absolute Gasteiger partial charge is 0.160 e. The van der Waals surface area contributed by atoms with Crippen molar-refractivity contribution in [2.24, 2.45) is 17.3 Å². The quantitative estimate of drug-likeness (QED) is 0.164. The highest BCUT2D eigenvalue weighted by molar-refractivity contribution is 6.23. The van der Waals surface area contributed by atoms with E-state index in [1.54, 1.807) is 11.1 Å². The Kier molecular flexibility index (Phi) is 8.45. The topological polar surface area (TPSA) is 25.8 Å². The Morgan fingerprint density at radius 3 is 1.89 bits per heavy atom. The first-order valence-electron chi connectivity index (χ1n) is 27.7. The highest BCUT2D eigenvalue weighted by Gasteiger charge is 2.70. The molecule has 2 heteroatoms. The molecule has 6 aliphatic rings. The maximum atomic E-state index is 5.54. The van der Waals surface area contributed by atoms with Gasteiger partial charge in [0.2, 0.25) is 0 Å². The van der Waals surface area contributed by atoms with E-state index >= 15 is 0 Å². The molecular formula is C72H56N2. The van der Waals surface area contributed by atoms with Gasteiger partial charge in [0.25, 0.3) is 0 Å². The minimum atomic E-state index is -0.175. The van der Waals surface area contributed by atoms with Gasteiger partial charge >= 0.3 is 0 Å². The van der Waals surface area contributed by atoms with Crippen molar-refractivity contribution in [1.82, 2.24) is 9.97 Å². The molecule has 0 N–H and O–H groups in total. The minimum absolute atomic E-state index is 0.175. The molecule has 3 fully saturated rings. The van der Waals surface area contributed by atoms with E-state index in [9.17, 15) is 0 Å². The average molecular weight is 949 g/mol. The van der Waals surface area contributed by atoms with Crippen LogP contribution in [0.4, 0.5) is 0 Å². The summed E-state index contributed by atoms with van der Waals surface area (Å²) in [6.07, 6.45) is 10.2. The van der Waals surface area contributed by atoms with Crippen molar-refractivity contribution in [2.45, 2.75) is 82.5 Å². The van der Waals surface area contributed by atoms with Gasteiger partial charge in [0, 0.05) is 22.1 Å². The summed E-state index contributed by atoms with van der Waals surface area (Å²) in [5.74, 6) is 4.03. The van der Waals surface area contributed by atoms with Crippen molar-refractivity contribution < 1.29 is 0 Å². The van der Waals surface area contributed by atoms with Crippen LogP contribution in [0.25, 0.3) is 111 Å². The number of aryl methyl sites for hydroxylation is 2. The summed E-state index contributed by atoms with van der Waals surface area (Å²) in [5, 5.41) is 7.69. The number of aromatic nitrogens is 2. The molecule has 0 amide bonds. The van der Waals surface area contributed by atoms with Crippen molar-refractivity contribution in [3.63, 3.8) is 0 Å². The third-order valence-corrected chi connectivity index (χ3v) is 20.2. The lowest BCUT2D eigenvalue weighted by Gasteiger charge is -2.67. The first kappa shape index (κ1) is 41.8. The molecule has 17 rings (SSSR count). The van der Waals surface area contributed by atoms with Gasteiger partial charge in [0.15, 0.2) is 5.82 Å². The van der Waals surface area contributed by atoms with E-state index in [1.807, 2.05) is 0 Å². The summed E-state index contributed by atoms with van der Waals surface area (Å²) >= 11 is 0. The normalized spacial score (nSPS) is 22.2. The highest BCUT2D eigenvalue weighted by atomic mass is 14.9. The van der Waals surface area contributed by atoms with Gasteiger partial charge in [-0.25, -0.2) is 9.97 Å². The van der Waals surface area contributed by atoms with Gasteiger partial charge < -0.3 is 0 Å². The maximum Gasteiger partial charge on any atom is 0.160 e. The summed E-state index contributed by atoms with van der Waals surface area (Å²) in [6, 6.07) is 70.1. The Hall–Kier alpha value is -7.68. The van der Waals surface area contributed by atoms with Crippen LogP contribution in [0.15, 0.2) is 182 Å². The second kappa shape index (κ2) is 15.0.